The lowest BCUT2D eigenvalue weighted by Gasteiger charge is -2.01. The predicted octanol–water partition coefficient (Wildman–Crippen LogP) is 1.76. The highest BCUT2D eigenvalue weighted by atomic mass is 16.5. The zero-order valence-electron chi connectivity index (χ0n) is 9.59. The summed E-state index contributed by atoms with van der Waals surface area (Å²) in [7, 11) is 0. The smallest absolute Gasteiger partial charge is 0.355 e. The van der Waals surface area contributed by atoms with Gasteiger partial charge in [-0.1, -0.05) is 6.92 Å². The minimum atomic E-state index is -1.07. The van der Waals surface area contributed by atoms with Gasteiger partial charge in [0.1, 0.15) is 11.4 Å². The van der Waals surface area contributed by atoms with Crippen molar-refractivity contribution in [2.24, 2.45) is 0 Å². The molecular weight excluding hydrogens is 210 g/mol. The molecule has 1 heterocycles. The van der Waals surface area contributed by atoms with Crippen molar-refractivity contribution in [2.45, 2.75) is 27.2 Å². The first-order chi connectivity index (χ1) is 7.52. The first kappa shape index (κ1) is 12.3. The van der Waals surface area contributed by atoms with Crippen molar-refractivity contribution in [3.8, 4) is 0 Å². The molecule has 0 aliphatic rings. The van der Waals surface area contributed by atoms with Crippen LogP contribution >= 0.6 is 0 Å². The van der Waals surface area contributed by atoms with E-state index in [4.69, 9.17) is 9.84 Å². The number of aromatic carboxylic acids is 1. The highest BCUT2D eigenvalue weighted by Crippen LogP contribution is 2.20. The van der Waals surface area contributed by atoms with Crippen LogP contribution in [0.3, 0.4) is 0 Å². The van der Waals surface area contributed by atoms with Crippen molar-refractivity contribution >= 4 is 11.9 Å². The van der Waals surface area contributed by atoms with Gasteiger partial charge in [0.05, 0.1) is 6.61 Å². The minimum absolute atomic E-state index is 0.0555. The summed E-state index contributed by atoms with van der Waals surface area (Å²) >= 11 is 0. The molecule has 5 heteroatoms. The molecule has 2 N–H and O–H groups in total. The molecule has 1 aromatic rings. The summed E-state index contributed by atoms with van der Waals surface area (Å²) in [6.45, 7) is 5.52. The SMILES string of the molecule is CCOC(=O)c1[nH]c(C(=O)O)c(C)c1CC. The van der Waals surface area contributed by atoms with Crippen LogP contribution in [0.5, 0.6) is 0 Å². The Bertz CT molecular complexity index is 420. The summed E-state index contributed by atoms with van der Waals surface area (Å²) in [4.78, 5) is 25.1. The van der Waals surface area contributed by atoms with E-state index < -0.39 is 11.9 Å². The average Bonchev–Trinajstić information content (AvgIpc) is 2.55. The molecule has 0 fully saturated rings. The molecule has 16 heavy (non-hydrogen) atoms. The number of esters is 1. The first-order valence-electron chi connectivity index (χ1n) is 5.14. The zero-order chi connectivity index (χ0) is 12.3. The minimum Gasteiger partial charge on any atom is -0.477 e. The van der Waals surface area contributed by atoms with Crippen molar-refractivity contribution in [1.82, 2.24) is 4.98 Å². The molecule has 0 aromatic carbocycles. The van der Waals surface area contributed by atoms with Gasteiger partial charge in [0, 0.05) is 0 Å². The lowest BCUT2D eigenvalue weighted by molar-refractivity contribution is 0.0519. The van der Waals surface area contributed by atoms with Crippen molar-refractivity contribution < 1.29 is 19.4 Å². The molecule has 0 atom stereocenters. The molecule has 0 aliphatic heterocycles. The summed E-state index contributed by atoms with van der Waals surface area (Å²) in [5.41, 5.74) is 1.60. The van der Waals surface area contributed by atoms with E-state index in [1.807, 2.05) is 6.92 Å². The van der Waals surface area contributed by atoms with Crippen LogP contribution in [-0.2, 0) is 11.2 Å². The van der Waals surface area contributed by atoms with E-state index >= 15 is 0 Å². The Morgan fingerprint density at radius 3 is 2.38 bits per heavy atom. The molecule has 1 aromatic heterocycles. The Balaban J connectivity index is 3.23. The fraction of sp³-hybridized carbons (Fsp3) is 0.455. The molecule has 0 saturated heterocycles. The number of aromatic nitrogens is 1. The number of hydrogen-bond donors (Lipinski definition) is 2. The molecule has 1 rings (SSSR count). The van der Waals surface area contributed by atoms with Crippen LogP contribution in [0.4, 0.5) is 0 Å². The second kappa shape index (κ2) is 4.83. The van der Waals surface area contributed by atoms with Crippen molar-refractivity contribution in [3.63, 3.8) is 0 Å². The maximum atomic E-state index is 11.6. The molecule has 0 unspecified atom stereocenters. The van der Waals surface area contributed by atoms with Gasteiger partial charge in [-0.2, -0.15) is 0 Å². The Morgan fingerprint density at radius 2 is 1.94 bits per heavy atom. The van der Waals surface area contributed by atoms with Crippen LogP contribution < -0.4 is 0 Å². The lowest BCUT2D eigenvalue weighted by atomic mass is 10.1. The Labute approximate surface area is 93.4 Å². The standard InChI is InChI=1S/C11H15NO4/c1-4-7-6(3)8(10(13)14)12-9(7)11(15)16-5-2/h12H,4-5H2,1-3H3,(H,13,14). The Morgan fingerprint density at radius 1 is 1.31 bits per heavy atom. The highest BCUT2D eigenvalue weighted by Gasteiger charge is 2.22. The molecule has 0 aliphatic carbocycles. The van der Waals surface area contributed by atoms with Gasteiger partial charge >= 0.3 is 11.9 Å². The van der Waals surface area contributed by atoms with Crippen LogP contribution in [0.2, 0.25) is 0 Å². The summed E-state index contributed by atoms with van der Waals surface area (Å²) in [6, 6.07) is 0. The van der Waals surface area contributed by atoms with Crippen molar-refractivity contribution in [1.29, 1.82) is 0 Å². The number of nitrogens with one attached hydrogen (secondary N) is 1. The normalized spacial score (nSPS) is 10.2. The number of carboxylic acid groups (broad SMARTS) is 1. The maximum absolute atomic E-state index is 11.6. The third kappa shape index (κ3) is 2.08. The van der Waals surface area contributed by atoms with Crippen molar-refractivity contribution in [2.75, 3.05) is 6.61 Å². The van der Waals surface area contributed by atoms with Gasteiger partial charge in [0.2, 0.25) is 0 Å². The van der Waals surface area contributed by atoms with Crippen LogP contribution in [0.25, 0.3) is 0 Å². The Kier molecular flexibility index (Phi) is 3.71. The maximum Gasteiger partial charge on any atom is 0.355 e. The van der Waals surface area contributed by atoms with Gasteiger partial charge in [-0.05, 0) is 31.4 Å². The van der Waals surface area contributed by atoms with Gasteiger partial charge in [0.15, 0.2) is 0 Å². The van der Waals surface area contributed by atoms with Gasteiger partial charge in [-0.25, -0.2) is 9.59 Å². The second-order valence-electron chi connectivity index (χ2n) is 3.36. The molecule has 5 nitrogen and oxygen atoms in total. The first-order valence-corrected chi connectivity index (χ1v) is 5.14. The van der Waals surface area contributed by atoms with Gasteiger partial charge in [0.25, 0.3) is 0 Å². The predicted molar refractivity (Wildman–Crippen MR) is 57.8 cm³/mol. The quantitative estimate of drug-likeness (QED) is 0.765. The summed E-state index contributed by atoms with van der Waals surface area (Å²) in [5, 5.41) is 8.93. The summed E-state index contributed by atoms with van der Waals surface area (Å²) in [6.07, 6.45) is 0.587. The fourth-order valence-corrected chi connectivity index (χ4v) is 1.67. The molecule has 0 bridgehead atoms. The molecule has 0 spiro atoms. The number of aromatic amines is 1. The third-order valence-electron chi connectivity index (χ3n) is 2.43. The summed E-state index contributed by atoms with van der Waals surface area (Å²) in [5.74, 6) is -1.57. The molecule has 0 radical (unpaired) electrons. The molecular formula is C11H15NO4. The van der Waals surface area contributed by atoms with E-state index in [1.54, 1.807) is 13.8 Å². The van der Waals surface area contributed by atoms with Gasteiger partial charge in [-0.15, -0.1) is 0 Å². The van der Waals surface area contributed by atoms with E-state index in [2.05, 4.69) is 4.98 Å². The largest absolute Gasteiger partial charge is 0.477 e. The highest BCUT2D eigenvalue weighted by molar-refractivity contribution is 5.95. The van der Waals surface area contributed by atoms with E-state index in [1.165, 1.54) is 0 Å². The number of carboxylic acids is 1. The fourth-order valence-electron chi connectivity index (χ4n) is 1.67. The number of hydrogen-bond acceptors (Lipinski definition) is 3. The Hall–Kier alpha value is -1.78. The molecule has 0 saturated carbocycles. The molecule has 88 valence electrons. The van der Waals surface area contributed by atoms with Gasteiger partial charge in [-0.3, -0.25) is 0 Å². The monoisotopic (exact) mass is 225 g/mol. The number of carbonyl (C=O) groups excluding carboxylic acids is 1. The molecule has 0 amide bonds. The van der Waals surface area contributed by atoms with Crippen LogP contribution in [0, 0.1) is 6.92 Å². The van der Waals surface area contributed by atoms with E-state index in [-0.39, 0.29) is 18.0 Å². The van der Waals surface area contributed by atoms with E-state index in [0.717, 1.165) is 0 Å². The summed E-state index contributed by atoms with van der Waals surface area (Å²) < 4.78 is 4.86. The van der Waals surface area contributed by atoms with Crippen LogP contribution in [0.1, 0.15) is 46.0 Å². The average molecular weight is 225 g/mol. The van der Waals surface area contributed by atoms with E-state index in [9.17, 15) is 9.59 Å². The van der Waals surface area contributed by atoms with Crippen LogP contribution in [0.15, 0.2) is 0 Å². The second-order valence-corrected chi connectivity index (χ2v) is 3.36. The van der Waals surface area contributed by atoms with Gasteiger partial charge < -0.3 is 14.8 Å². The lowest BCUT2D eigenvalue weighted by Crippen LogP contribution is -2.08. The number of H-pyrrole nitrogens is 1. The number of carbonyl (C=O) groups is 2. The third-order valence-corrected chi connectivity index (χ3v) is 2.43. The van der Waals surface area contributed by atoms with E-state index in [0.29, 0.717) is 17.5 Å². The number of ether oxygens (including phenoxy) is 1. The van der Waals surface area contributed by atoms with Crippen LogP contribution in [-0.4, -0.2) is 28.6 Å². The zero-order valence-corrected chi connectivity index (χ0v) is 9.59. The topological polar surface area (TPSA) is 79.4 Å². The number of rotatable bonds is 4. The van der Waals surface area contributed by atoms with Crippen molar-refractivity contribution in [3.05, 3.63) is 22.5 Å².